The molecule has 2 atom stereocenters. The number of rotatable bonds is 4. The van der Waals surface area contributed by atoms with Crippen LogP contribution in [0.5, 0.6) is 5.75 Å². The van der Waals surface area contributed by atoms with Crippen LogP contribution in [0.3, 0.4) is 0 Å². The minimum atomic E-state index is -0.820. The van der Waals surface area contributed by atoms with Crippen LogP contribution in [0.15, 0.2) is 55.1 Å². The Labute approximate surface area is 202 Å². The fraction of sp³-hybridized carbons (Fsp3) is 0.360. The molecule has 35 heavy (non-hydrogen) atoms. The molecule has 1 aromatic carbocycles. The fourth-order valence-electron chi connectivity index (χ4n) is 5.00. The third kappa shape index (κ3) is 4.04. The number of hydrogen-bond donors (Lipinski definition) is 3. The van der Waals surface area contributed by atoms with Crippen LogP contribution in [0.4, 0.5) is 11.5 Å². The van der Waals surface area contributed by atoms with Crippen molar-refractivity contribution >= 4 is 22.7 Å². The van der Waals surface area contributed by atoms with Gasteiger partial charge in [-0.3, -0.25) is 9.55 Å². The number of piperidine rings is 1. The molecule has 0 saturated carbocycles. The summed E-state index contributed by atoms with van der Waals surface area (Å²) in [6.45, 7) is 2.32. The molecule has 0 bridgehead atoms. The summed E-state index contributed by atoms with van der Waals surface area (Å²) < 4.78 is 1.93. The minimum absolute atomic E-state index is 0.171. The number of pyridine rings is 1. The van der Waals surface area contributed by atoms with E-state index in [1.54, 1.807) is 30.9 Å². The Morgan fingerprint density at radius 2 is 1.49 bits per heavy atom. The van der Waals surface area contributed by atoms with Crippen molar-refractivity contribution in [2.45, 2.75) is 31.0 Å². The van der Waals surface area contributed by atoms with Crippen molar-refractivity contribution in [1.82, 2.24) is 24.5 Å². The predicted octanol–water partition coefficient (Wildman–Crippen LogP) is 1.84. The summed E-state index contributed by atoms with van der Waals surface area (Å²) in [5.41, 5.74) is 3.34. The Bertz CT molecular complexity index is 1310. The Morgan fingerprint density at radius 3 is 2.17 bits per heavy atom. The van der Waals surface area contributed by atoms with Gasteiger partial charge in [0.2, 0.25) is 0 Å². The molecule has 0 aliphatic carbocycles. The van der Waals surface area contributed by atoms with Gasteiger partial charge in [-0.1, -0.05) is 0 Å². The highest BCUT2D eigenvalue weighted by molar-refractivity contribution is 5.85. The number of fused-ring (bicyclic) bond motifs is 1. The molecule has 0 spiro atoms. The second-order valence-electron chi connectivity index (χ2n) is 9.22. The van der Waals surface area contributed by atoms with Crippen molar-refractivity contribution in [3.63, 3.8) is 0 Å². The number of anilines is 2. The average molecular weight is 474 g/mol. The van der Waals surface area contributed by atoms with Crippen molar-refractivity contribution in [2.75, 3.05) is 36.0 Å². The molecule has 0 radical (unpaired) electrons. The summed E-state index contributed by atoms with van der Waals surface area (Å²) >= 11 is 0. The molecule has 2 aliphatic heterocycles. The van der Waals surface area contributed by atoms with Crippen LogP contribution in [0.25, 0.3) is 16.9 Å². The number of phenols is 1. The van der Waals surface area contributed by atoms with Crippen molar-refractivity contribution < 1.29 is 15.3 Å². The van der Waals surface area contributed by atoms with Gasteiger partial charge in [0.05, 0.1) is 17.9 Å². The predicted molar refractivity (Wildman–Crippen MR) is 131 cm³/mol. The fourth-order valence-corrected chi connectivity index (χ4v) is 5.00. The first-order chi connectivity index (χ1) is 17.1. The number of β-amino-alcohol motifs (C(OH)–C–C–N with tert-alkyl or cyclic N) is 2. The molecule has 10 heteroatoms. The van der Waals surface area contributed by atoms with E-state index in [0.29, 0.717) is 30.1 Å². The van der Waals surface area contributed by atoms with Crippen LogP contribution in [-0.4, -0.2) is 78.2 Å². The van der Waals surface area contributed by atoms with Gasteiger partial charge in [-0.2, -0.15) is 0 Å². The summed E-state index contributed by atoms with van der Waals surface area (Å²) in [4.78, 5) is 22.9. The maximum atomic E-state index is 10.2. The smallest absolute Gasteiger partial charge is 0.170 e. The monoisotopic (exact) mass is 473 g/mol. The normalized spacial score (nSPS) is 21.2. The highest BCUT2D eigenvalue weighted by Crippen LogP contribution is 2.34. The summed E-state index contributed by atoms with van der Waals surface area (Å²) in [6, 6.07) is 11.1. The summed E-state index contributed by atoms with van der Waals surface area (Å²) in [7, 11) is 0. The molecule has 2 aliphatic rings. The van der Waals surface area contributed by atoms with Gasteiger partial charge in [0.1, 0.15) is 17.9 Å². The van der Waals surface area contributed by atoms with Crippen molar-refractivity contribution in [3.8, 4) is 11.4 Å². The largest absolute Gasteiger partial charge is 0.508 e. The van der Waals surface area contributed by atoms with Gasteiger partial charge >= 0.3 is 0 Å². The average Bonchev–Trinajstić information content (AvgIpc) is 3.47. The first-order valence-electron chi connectivity index (χ1n) is 11.9. The molecular formula is C25H27N7O3. The Morgan fingerprint density at radius 1 is 0.800 bits per heavy atom. The van der Waals surface area contributed by atoms with E-state index in [0.717, 1.165) is 43.1 Å². The second-order valence-corrected chi connectivity index (χ2v) is 9.22. The number of benzene rings is 1. The maximum absolute atomic E-state index is 10.2. The third-order valence-electron chi connectivity index (χ3n) is 6.97. The number of hydrogen-bond acceptors (Lipinski definition) is 9. The number of aliphatic hydroxyl groups excluding tert-OH is 2. The first-order valence-corrected chi connectivity index (χ1v) is 11.9. The minimum Gasteiger partial charge on any atom is -0.508 e. The van der Waals surface area contributed by atoms with Gasteiger partial charge in [0.15, 0.2) is 17.0 Å². The van der Waals surface area contributed by atoms with Crippen LogP contribution < -0.4 is 9.80 Å². The van der Waals surface area contributed by atoms with Gasteiger partial charge in [-0.05, 0) is 49.2 Å². The van der Waals surface area contributed by atoms with Crippen LogP contribution >= 0.6 is 0 Å². The SMILES string of the molecule is Oc1ccc(N2CCC(c3nc(N4C[C@H](O)[C@@H](O)C4)c4ncn(-c5ccncc5)c4n3)CC2)cc1. The van der Waals surface area contributed by atoms with Gasteiger partial charge in [-0.25, -0.2) is 15.0 Å². The van der Waals surface area contributed by atoms with E-state index in [-0.39, 0.29) is 11.7 Å². The lowest BCUT2D eigenvalue weighted by atomic mass is 9.95. The second kappa shape index (κ2) is 8.79. The van der Waals surface area contributed by atoms with E-state index in [9.17, 15) is 15.3 Å². The topological polar surface area (TPSA) is 124 Å². The standard InChI is InChI=1S/C25H27N7O3/c33-19-3-1-17(2-4-19)30-11-7-16(8-12-30)23-28-24(31-13-20(34)21(35)14-31)22-25(29-23)32(15-27-22)18-5-9-26-10-6-18/h1-6,9-10,15-16,20-21,33-35H,7-8,11-14H2/t20-,21-/m0/s1. The first kappa shape index (κ1) is 21.8. The van der Waals surface area contributed by atoms with Gasteiger partial charge in [0.25, 0.3) is 0 Å². The molecule has 6 rings (SSSR count). The number of nitrogens with zero attached hydrogens (tertiary/aromatic N) is 7. The summed E-state index contributed by atoms with van der Waals surface area (Å²) in [5, 5.41) is 29.9. The van der Waals surface area contributed by atoms with Crippen LogP contribution in [0.1, 0.15) is 24.6 Å². The van der Waals surface area contributed by atoms with Gasteiger partial charge in [-0.15, -0.1) is 0 Å². The zero-order chi connectivity index (χ0) is 23.9. The lowest BCUT2D eigenvalue weighted by Gasteiger charge is -2.33. The van der Waals surface area contributed by atoms with Crippen molar-refractivity contribution in [1.29, 1.82) is 0 Å². The molecule has 10 nitrogen and oxygen atoms in total. The van der Waals surface area contributed by atoms with E-state index >= 15 is 0 Å². The molecule has 3 aromatic heterocycles. The Kier molecular flexibility index (Phi) is 5.46. The van der Waals surface area contributed by atoms with Crippen LogP contribution in [-0.2, 0) is 0 Å². The molecule has 2 saturated heterocycles. The number of imidazole rings is 1. The molecule has 2 fully saturated rings. The number of aromatic hydroxyl groups is 1. The van der Waals surface area contributed by atoms with Crippen LogP contribution in [0, 0.1) is 0 Å². The molecule has 0 amide bonds. The van der Waals surface area contributed by atoms with E-state index in [1.165, 1.54) is 0 Å². The highest BCUT2D eigenvalue weighted by Gasteiger charge is 2.33. The van der Waals surface area contributed by atoms with E-state index in [2.05, 4.69) is 14.9 Å². The summed E-state index contributed by atoms with van der Waals surface area (Å²) in [5.74, 6) is 1.84. The quantitative estimate of drug-likeness (QED) is 0.407. The lowest BCUT2D eigenvalue weighted by molar-refractivity contribution is 0.0572. The highest BCUT2D eigenvalue weighted by atomic mass is 16.3. The lowest BCUT2D eigenvalue weighted by Crippen LogP contribution is -2.33. The van der Waals surface area contributed by atoms with Gasteiger partial charge < -0.3 is 25.1 Å². The molecule has 5 heterocycles. The van der Waals surface area contributed by atoms with E-state index < -0.39 is 12.2 Å². The van der Waals surface area contributed by atoms with Crippen molar-refractivity contribution in [2.24, 2.45) is 0 Å². The Hall–Kier alpha value is -3.76. The molecule has 180 valence electrons. The maximum Gasteiger partial charge on any atom is 0.170 e. The molecule has 0 unspecified atom stereocenters. The van der Waals surface area contributed by atoms with Gasteiger partial charge in [0, 0.05) is 50.2 Å². The number of aliphatic hydroxyl groups is 2. The molecule has 3 N–H and O–H groups in total. The number of phenolic OH excluding ortho intramolecular Hbond substituents is 1. The molecular weight excluding hydrogens is 446 g/mol. The third-order valence-corrected chi connectivity index (χ3v) is 6.97. The van der Waals surface area contributed by atoms with Crippen LogP contribution in [0.2, 0.25) is 0 Å². The molecule has 4 aromatic rings. The Balaban J connectivity index is 1.35. The zero-order valence-corrected chi connectivity index (χ0v) is 19.1. The van der Waals surface area contributed by atoms with E-state index in [4.69, 9.17) is 9.97 Å². The number of aromatic nitrogens is 5. The van der Waals surface area contributed by atoms with Crippen molar-refractivity contribution in [3.05, 3.63) is 60.9 Å². The summed E-state index contributed by atoms with van der Waals surface area (Å²) in [6.07, 6.45) is 5.34. The zero-order valence-electron chi connectivity index (χ0n) is 19.1. The van der Waals surface area contributed by atoms with E-state index in [1.807, 2.05) is 33.7 Å².